The van der Waals surface area contributed by atoms with E-state index in [1.165, 1.54) is 11.3 Å². The summed E-state index contributed by atoms with van der Waals surface area (Å²) in [6, 6.07) is 6.28. The van der Waals surface area contributed by atoms with E-state index in [-0.39, 0.29) is 6.42 Å². The lowest BCUT2D eigenvalue weighted by Crippen LogP contribution is -2.19. The van der Waals surface area contributed by atoms with E-state index in [0.717, 1.165) is 0 Å². The number of aliphatic carboxylic acids is 1. The number of anilines is 2. The van der Waals surface area contributed by atoms with Crippen molar-refractivity contribution in [3.05, 3.63) is 41.4 Å². The lowest BCUT2D eigenvalue weighted by molar-refractivity contribution is -0.136. The summed E-state index contributed by atoms with van der Waals surface area (Å²) in [6.45, 7) is 0. The summed E-state index contributed by atoms with van der Waals surface area (Å²) in [5.41, 5.74) is 1.16. The number of carbonyl (C=O) groups excluding carboxylic acids is 1. The molecule has 0 aliphatic rings. The van der Waals surface area contributed by atoms with Gasteiger partial charge in [-0.05, 0) is 17.7 Å². The second-order valence-electron chi connectivity index (χ2n) is 3.69. The molecule has 2 amide bonds. The summed E-state index contributed by atoms with van der Waals surface area (Å²) in [7, 11) is 0. The molecule has 0 radical (unpaired) electrons. The molecule has 0 saturated carbocycles. The number of hydrogen-bond acceptors (Lipinski definition) is 4. The third-order valence-electron chi connectivity index (χ3n) is 2.19. The molecule has 1 heterocycles. The molecule has 2 aromatic rings. The van der Waals surface area contributed by atoms with Crippen LogP contribution in [0.15, 0.2) is 35.8 Å². The SMILES string of the molecule is O=C(O)Cc1cccc(NC(=O)Nc2nccs2)c1. The van der Waals surface area contributed by atoms with Gasteiger partial charge in [0.2, 0.25) is 0 Å². The normalized spacial score (nSPS) is 9.89. The molecule has 0 spiro atoms. The van der Waals surface area contributed by atoms with Crippen LogP contribution < -0.4 is 10.6 Å². The van der Waals surface area contributed by atoms with E-state index in [4.69, 9.17) is 5.11 Å². The number of carbonyl (C=O) groups is 2. The highest BCUT2D eigenvalue weighted by molar-refractivity contribution is 7.13. The Morgan fingerprint density at radius 2 is 2.16 bits per heavy atom. The number of benzene rings is 1. The lowest BCUT2D eigenvalue weighted by atomic mass is 10.1. The summed E-state index contributed by atoms with van der Waals surface area (Å²) in [5, 5.41) is 16.1. The van der Waals surface area contributed by atoms with Crippen LogP contribution in [0.1, 0.15) is 5.56 Å². The number of hydrogen-bond donors (Lipinski definition) is 3. The number of urea groups is 1. The highest BCUT2D eigenvalue weighted by Gasteiger charge is 2.06. The average molecular weight is 277 g/mol. The molecule has 7 heteroatoms. The Balaban J connectivity index is 1.98. The molecule has 0 unspecified atom stereocenters. The Bertz CT molecular complexity index is 584. The van der Waals surface area contributed by atoms with Crippen LogP contribution in [0.25, 0.3) is 0 Å². The van der Waals surface area contributed by atoms with Gasteiger partial charge in [-0.2, -0.15) is 0 Å². The predicted octanol–water partition coefficient (Wildman–Crippen LogP) is 2.41. The van der Waals surface area contributed by atoms with Crippen LogP contribution >= 0.6 is 11.3 Å². The molecular weight excluding hydrogens is 266 g/mol. The van der Waals surface area contributed by atoms with E-state index in [1.807, 2.05) is 0 Å². The van der Waals surface area contributed by atoms with Crippen LogP contribution in [-0.2, 0) is 11.2 Å². The van der Waals surface area contributed by atoms with Crippen molar-refractivity contribution in [1.82, 2.24) is 4.98 Å². The lowest BCUT2D eigenvalue weighted by Gasteiger charge is -2.06. The summed E-state index contributed by atoms with van der Waals surface area (Å²) in [6.07, 6.45) is 1.51. The first-order valence-electron chi connectivity index (χ1n) is 5.42. The predicted molar refractivity (Wildman–Crippen MR) is 72.5 cm³/mol. The number of nitrogens with zero attached hydrogens (tertiary/aromatic N) is 1. The van der Waals surface area contributed by atoms with Gasteiger partial charge in [-0.3, -0.25) is 10.1 Å². The Labute approximate surface area is 113 Å². The maximum Gasteiger partial charge on any atom is 0.325 e. The maximum atomic E-state index is 11.6. The topological polar surface area (TPSA) is 91.3 Å². The first kappa shape index (κ1) is 13.0. The fraction of sp³-hybridized carbons (Fsp3) is 0.0833. The number of thiazole rings is 1. The van der Waals surface area contributed by atoms with E-state index < -0.39 is 12.0 Å². The molecule has 98 valence electrons. The Kier molecular flexibility index (Phi) is 4.09. The second kappa shape index (κ2) is 5.96. The average Bonchev–Trinajstić information content (AvgIpc) is 2.81. The van der Waals surface area contributed by atoms with Crippen LogP contribution in [0, 0.1) is 0 Å². The maximum absolute atomic E-state index is 11.6. The minimum absolute atomic E-state index is 0.0797. The minimum atomic E-state index is -0.913. The van der Waals surface area contributed by atoms with Gasteiger partial charge >= 0.3 is 12.0 Å². The quantitative estimate of drug-likeness (QED) is 0.800. The van der Waals surface area contributed by atoms with Crippen molar-refractivity contribution in [2.45, 2.75) is 6.42 Å². The summed E-state index contributed by atoms with van der Waals surface area (Å²) >= 11 is 1.31. The fourth-order valence-electron chi connectivity index (χ4n) is 1.48. The molecule has 0 saturated heterocycles. The van der Waals surface area contributed by atoms with Crippen LogP contribution in [0.5, 0.6) is 0 Å². The van der Waals surface area contributed by atoms with Crippen molar-refractivity contribution in [3.8, 4) is 0 Å². The number of rotatable bonds is 4. The van der Waals surface area contributed by atoms with Crippen molar-refractivity contribution in [2.24, 2.45) is 0 Å². The highest BCUT2D eigenvalue weighted by atomic mass is 32.1. The zero-order valence-corrected chi connectivity index (χ0v) is 10.6. The number of carboxylic acid groups (broad SMARTS) is 1. The summed E-state index contributed by atoms with van der Waals surface area (Å²) < 4.78 is 0. The van der Waals surface area contributed by atoms with Gasteiger partial charge in [0.15, 0.2) is 5.13 Å². The smallest absolute Gasteiger partial charge is 0.325 e. The van der Waals surface area contributed by atoms with Crippen LogP contribution in [-0.4, -0.2) is 22.1 Å². The minimum Gasteiger partial charge on any atom is -0.481 e. The summed E-state index contributed by atoms with van der Waals surface area (Å²) in [4.78, 5) is 26.2. The molecule has 0 aliphatic carbocycles. The van der Waals surface area contributed by atoms with E-state index in [1.54, 1.807) is 35.8 Å². The van der Waals surface area contributed by atoms with Gasteiger partial charge in [0.05, 0.1) is 6.42 Å². The van der Waals surface area contributed by atoms with E-state index in [2.05, 4.69) is 15.6 Å². The van der Waals surface area contributed by atoms with Crippen molar-refractivity contribution in [2.75, 3.05) is 10.6 Å². The zero-order chi connectivity index (χ0) is 13.7. The molecular formula is C12H11N3O3S. The van der Waals surface area contributed by atoms with Gasteiger partial charge in [0, 0.05) is 17.3 Å². The molecule has 0 fully saturated rings. The van der Waals surface area contributed by atoms with Gasteiger partial charge in [-0.15, -0.1) is 11.3 Å². The number of carboxylic acids is 1. The number of aromatic nitrogens is 1. The molecule has 2 rings (SSSR count). The van der Waals surface area contributed by atoms with E-state index in [9.17, 15) is 9.59 Å². The first-order valence-corrected chi connectivity index (χ1v) is 6.29. The Morgan fingerprint density at radius 3 is 2.84 bits per heavy atom. The van der Waals surface area contributed by atoms with Crippen LogP contribution in [0.3, 0.4) is 0 Å². The zero-order valence-electron chi connectivity index (χ0n) is 9.79. The van der Waals surface area contributed by atoms with Gasteiger partial charge in [0.1, 0.15) is 0 Å². The largest absolute Gasteiger partial charge is 0.481 e. The number of nitrogens with one attached hydrogen (secondary N) is 2. The van der Waals surface area contributed by atoms with Crippen LogP contribution in [0.4, 0.5) is 15.6 Å². The molecule has 0 bridgehead atoms. The Hall–Kier alpha value is -2.41. The van der Waals surface area contributed by atoms with Crippen molar-refractivity contribution in [3.63, 3.8) is 0 Å². The van der Waals surface area contributed by atoms with Crippen molar-refractivity contribution < 1.29 is 14.7 Å². The molecule has 3 N–H and O–H groups in total. The summed E-state index contributed by atoms with van der Waals surface area (Å²) in [5.74, 6) is -0.913. The van der Waals surface area contributed by atoms with Crippen LogP contribution in [0.2, 0.25) is 0 Å². The Morgan fingerprint density at radius 1 is 1.32 bits per heavy atom. The molecule has 6 nitrogen and oxygen atoms in total. The first-order chi connectivity index (χ1) is 9.13. The molecule has 19 heavy (non-hydrogen) atoms. The van der Waals surface area contributed by atoms with E-state index >= 15 is 0 Å². The standard InChI is InChI=1S/C12H11N3O3S/c16-10(17)7-8-2-1-3-9(6-8)14-11(18)15-12-13-4-5-19-12/h1-6H,7H2,(H,16,17)(H2,13,14,15,18). The molecule has 1 aromatic carbocycles. The van der Waals surface area contributed by atoms with Crippen molar-refractivity contribution >= 4 is 34.2 Å². The fourth-order valence-corrected chi connectivity index (χ4v) is 2.00. The van der Waals surface area contributed by atoms with Crippen molar-refractivity contribution in [1.29, 1.82) is 0 Å². The van der Waals surface area contributed by atoms with Gasteiger partial charge in [0.25, 0.3) is 0 Å². The highest BCUT2D eigenvalue weighted by Crippen LogP contribution is 2.13. The monoisotopic (exact) mass is 277 g/mol. The molecule has 1 aromatic heterocycles. The third kappa shape index (κ3) is 4.07. The van der Waals surface area contributed by atoms with Gasteiger partial charge in [-0.25, -0.2) is 9.78 Å². The third-order valence-corrected chi connectivity index (χ3v) is 2.88. The van der Waals surface area contributed by atoms with Gasteiger partial charge < -0.3 is 10.4 Å². The van der Waals surface area contributed by atoms with E-state index in [0.29, 0.717) is 16.4 Å². The molecule has 0 atom stereocenters. The number of amides is 2. The van der Waals surface area contributed by atoms with Gasteiger partial charge in [-0.1, -0.05) is 12.1 Å². The second-order valence-corrected chi connectivity index (χ2v) is 4.58. The molecule has 0 aliphatic heterocycles.